The van der Waals surface area contributed by atoms with E-state index in [2.05, 4.69) is 214 Å². The summed E-state index contributed by atoms with van der Waals surface area (Å²) in [5.74, 6) is 6.44. The van der Waals surface area contributed by atoms with Crippen LogP contribution in [-0.2, 0) is 18.6 Å². The van der Waals surface area contributed by atoms with Crippen molar-refractivity contribution in [2.45, 2.75) is 12.3 Å². The predicted molar refractivity (Wildman–Crippen MR) is 386 cm³/mol. The van der Waals surface area contributed by atoms with Gasteiger partial charge >= 0.3 is 34.2 Å². The Morgan fingerprint density at radius 3 is 1.38 bits per heavy atom. The van der Waals surface area contributed by atoms with E-state index in [1.54, 1.807) is 0 Å². The van der Waals surface area contributed by atoms with Gasteiger partial charge in [0.1, 0.15) is 23.0 Å². The van der Waals surface area contributed by atoms with E-state index in [1.807, 2.05) is 36.4 Å². The van der Waals surface area contributed by atoms with Crippen LogP contribution < -0.4 is 37.4 Å². The molecule has 99 heavy (non-hydrogen) atoms. The molecule has 12 aromatic rings. The van der Waals surface area contributed by atoms with Gasteiger partial charge in [-0.15, -0.1) is 0 Å². The minimum absolute atomic E-state index is 0. The fourth-order valence-corrected chi connectivity index (χ4v) is 16.8. The summed E-state index contributed by atoms with van der Waals surface area (Å²) in [7, 11) is 0. The van der Waals surface area contributed by atoms with Crippen LogP contribution in [0.5, 0.6) is 0 Å². The van der Waals surface area contributed by atoms with E-state index in [0.717, 1.165) is 143 Å². The minimum Gasteiger partial charge on any atom is -0.441 e. The van der Waals surface area contributed by atoms with Crippen molar-refractivity contribution in [3.05, 3.63) is 336 Å². The summed E-state index contributed by atoms with van der Waals surface area (Å²) >= 11 is -0.581. The maximum Gasteiger partial charge on any atom is 2.00 e. The zero-order valence-corrected chi connectivity index (χ0v) is 54.6. The molecule has 11 aliphatic rings. The van der Waals surface area contributed by atoms with Gasteiger partial charge in [0.25, 0.3) is 0 Å². The molecule has 4 unspecified atom stereocenters. The van der Waals surface area contributed by atoms with Crippen molar-refractivity contribution < 1.29 is 24.0 Å². The molecule has 11 heterocycles. The predicted octanol–water partition coefficient (Wildman–Crippen LogP) is 9.21. The van der Waals surface area contributed by atoms with E-state index in [4.69, 9.17) is 70.2 Å². The molecule has 0 fully saturated rings. The van der Waals surface area contributed by atoms with Crippen molar-refractivity contribution in [1.29, 1.82) is 0 Å². The first-order valence-corrected chi connectivity index (χ1v) is 33.4. The molecule has 2 radical (unpaired) electrons. The van der Waals surface area contributed by atoms with Crippen LogP contribution in [0, 0.1) is 11.8 Å². The van der Waals surface area contributed by atoms with Gasteiger partial charge in [-0.1, -0.05) is 212 Å². The van der Waals surface area contributed by atoms with Crippen molar-refractivity contribution >= 4 is 128 Å². The summed E-state index contributed by atoms with van der Waals surface area (Å²) < 4.78 is 4.64. The Labute approximate surface area is 580 Å². The average molecular weight is 1330 g/mol. The summed E-state index contributed by atoms with van der Waals surface area (Å²) in [5.41, 5.74) is 12.6. The zero-order valence-electron chi connectivity index (χ0n) is 52.1. The maximum absolute atomic E-state index is 5.37. The van der Waals surface area contributed by atoms with E-state index in [9.17, 15) is 0 Å². The van der Waals surface area contributed by atoms with E-state index in [1.165, 1.54) is 0 Å². The fraction of sp³-hybridized carbons (Fsp3) is 0.0500. The number of amidine groups is 8. The first-order chi connectivity index (χ1) is 48.0. The van der Waals surface area contributed by atoms with E-state index >= 15 is 0 Å². The van der Waals surface area contributed by atoms with Crippen LogP contribution >= 0.6 is 0 Å². The third-order valence-corrected chi connectivity index (χ3v) is 21.4. The number of allylic oxidation sites excluding steroid dienone is 3. The van der Waals surface area contributed by atoms with Crippen LogP contribution in [0.15, 0.2) is 313 Å². The second-order valence-corrected chi connectivity index (χ2v) is 26.7. The van der Waals surface area contributed by atoms with Crippen molar-refractivity contribution in [2.75, 3.05) is 0 Å². The molecule has 23 rings (SSSR count). The van der Waals surface area contributed by atoms with Gasteiger partial charge in [0.05, 0.1) is 23.7 Å². The van der Waals surface area contributed by atoms with E-state index in [0.29, 0.717) is 57.6 Å². The minimum atomic E-state index is -0.581. The summed E-state index contributed by atoms with van der Waals surface area (Å²) in [6.07, 6.45) is 12.4. The van der Waals surface area contributed by atoms with Gasteiger partial charge < -0.3 is 38.2 Å². The number of benzene rings is 10. The van der Waals surface area contributed by atoms with Crippen LogP contribution in [0.2, 0.25) is 0 Å². The van der Waals surface area contributed by atoms with Crippen molar-refractivity contribution in [2.24, 2.45) is 71.7 Å². The monoisotopic (exact) mass is 1320 g/mol. The molecule has 0 spiro atoms. The second kappa shape index (κ2) is 21.8. The third kappa shape index (κ3) is 8.71. The number of aromatic nitrogens is 2. The second-order valence-electron chi connectivity index (χ2n) is 25.4. The van der Waals surface area contributed by atoms with Gasteiger partial charge in [0.15, 0.2) is 29.2 Å². The number of fused-ring (bicyclic) bond motifs is 34. The first kappa shape index (κ1) is 57.3. The van der Waals surface area contributed by atoms with Gasteiger partial charge in [-0.3, -0.25) is 4.99 Å². The molecule has 2 aliphatic carbocycles. The van der Waals surface area contributed by atoms with E-state index in [-0.39, 0.29) is 42.0 Å². The molecule has 2 aromatic heterocycles. The number of aliphatic imine (C=N–C) groups is 8. The standard InChI is InChI=1S/C48H26N8.C32H18N8.Al.H2O.V/c1-2-10-26-18-34-33(17-25(26)9-1)41-49-42(34)54-44-37-21-29-13-5-6-14-30(29)22-38(37)46(51-44)56-48-40-24-32-16-8-7-15-31(32)23-39(40)47(52-48)55-45-36-20-28-12-4-3-11-27(28)19-35(36)43(50-45)53-41;1-2-10-18-17(9-1)25-33-26(18)38-28-21-13-5-6-14-22(21)30(35-28)40-32-24-16-8-7-15-23(24)31(36-32)39-29-20-12-4-3-11-19(20)27(34-29)37-25;;;/h1-24,33,41H;1-17,25H;;1H2;/q2*-2;+2;;+2. The Hall–Kier alpha value is -12.0. The Bertz CT molecular complexity index is 6600. The van der Waals surface area contributed by atoms with Crippen LogP contribution in [0.1, 0.15) is 44.5 Å². The Morgan fingerprint density at radius 2 is 0.818 bits per heavy atom. The SMILES string of the molecule is C1=CC2=C3/N=C4\N=C(N=c5c6ccccc6c6[n]5[Al][N]3C(/N=C3\N=C(N=6)c5ccccc53)C2C=C1)c1ccccc14.C1=c2ccccc2=CC2C1=C1/N=C3\N=C(N=c4[n-]c(c5cc6ccccc6cc45)=NC4=N/C(=N\C2[N-]1)c1cc2ccccc2cc14)c1cc2ccccc2cc13.O.[V+2]. The molecule has 17 nitrogen and oxygen atoms in total. The molecular weight excluding hydrogens is 1280 g/mol. The normalized spacial score (nSPS) is 21.8. The van der Waals surface area contributed by atoms with Crippen molar-refractivity contribution in [3.63, 3.8) is 0 Å². The van der Waals surface area contributed by atoms with Gasteiger partial charge in [-0.2, -0.15) is 0 Å². The zero-order chi connectivity index (χ0) is 63.1. The Kier molecular flexibility index (Phi) is 12.6. The molecule has 9 aliphatic heterocycles. The Morgan fingerprint density at radius 1 is 0.374 bits per heavy atom. The molecule has 10 aromatic carbocycles. The molecule has 0 saturated carbocycles. The summed E-state index contributed by atoms with van der Waals surface area (Å²) in [6, 6.07) is 71.2. The van der Waals surface area contributed by atoms with Crippen LogP contribution in [0.4, 0.5) is 0 Å². The van der Waals surface area contributed by atoms with Gasteiger partial charge in [0, 0.05) is 83.7 Å². The number of nitrogens with zero attached hydrogens (tertiary/aromatic N) is 16. The number of hydrogen-bond donors (Lipinski definition) is 0. The summed E-state index contributed by atoms with van der Waals surface area (Å²) in [4.78, 5) is 67.9. The average Bonchev–Trinajstić information content (AvgIpc) is 1.49. The summed E-state index contributed by atoms with van der Waals surface area (Å²) in [6.45, 7) is 0. The van der Waals surface area contributed by atoms with Crippen molar-refractivity contribution in [1.82, 2.24) is 12.4 Å². The topological polar surface area (TPSA) is 216 Å². The molecule has 0 saturated heterocycles. The largest absolute Gasteiger partial charge is 2.00 e. The van der Waals surface area contributed by atoms with Crippen LogP contribution in [0.25, 0.3) is 71.3 Å². The maximum atomic E-state index is 5.37. The molecule has 0 amide bonds. The van der Waals surface area contributed by atoms with Crippen molar-refractivity contribution in [3.8, 4) is 0 Å². The fourth-order valence-electron chi connectivity index (χ4n) is 15.3. The Balaban J connectivity index is 0.000000137. The van der Waals surface area contributed by atoms with Gasteiger partial charge in [-0.05, 0) is 95.5 Å². The molecule has 14 bridgehead atoms. The number of hydrogen-bond acceptors (Lipinski definition) is 13. The first-order valence-electron chi connectivity index (χ1n) is 32.4. The quantitative estimate of drug-likeness (QED) is 0.136. The number of rotatable bonds is 0. The molecule has 2 N–H and O–H groups in total. The van der Waals surface area contributed by atoms with E-state index < -0.39 is 21.8 Å². The molecule has 460 valence electrons. The third-order valence-electron chi connectivity index (χ3n) is 19.9. The van der Waals surface area contributed by atoms with Gasteiger partial charge in [-0.25, -0.2) is 39.9 Å². The van der Waals surface area contributed by atoms with Gasteiger partial charge in [0.2, 0.25) is 0 Å². The molecule has 19 heteroatoms. The molecule has 4 atom stereocenters. The smallest absolute Gasteiger partial charge is 0.441 e. The van der Waals surface area contributed by atoms with Crippen LogP contribution in [-0.4, -0.2) is 87.6 Å². The summed E-state index contributed by atoms with van der Waals surface area (Å²) in [5, 5.41) is 18.0. The molecular formula is C80H46AlN16OV. The van der Waals surface area contributed by atoms with Crippen LogP contribution in [0.3, 0.4) is 0 Å².